The lowest BCUT2D eigenvalue weighted by atomic mass is 9.87. The number of carbonyl (C=O) groups excluding carboxylic acids is 1. The Labute approximate surface area is 131 Å². The van der Waals surface area contributed by atoms with Gasteiger partial charge in [0.05, 0.1) is 6.10 Å². The van der Waals surface area contributed by atoms with Crippen LogP contribution < -0.4 is 10.1 Å². The van der Waals surface area contributed by atoms with Gasteiger partial charge in [0.15, 0.2) is 6.61 Å². The van der Waals surface area contributed by atoms with Crippen LogP contribution in [-0.4, -0.2) is 30.3 Å². The molecule has 0 radical (unpaired) electrons. The summed E-state index contributed by atoms with van der Waals surface area (Å²) < 4.78 is 5.43. The van der Waals surface area contributed by atoms with Crippen molar-refractivity contribution in [2.45, 2.75) is 40.2 Å². The van der Waals surface area contributed by atoms with Crippen LogP contribution in [0.1, 0.15) is 32.8 Å². The maximum atomic E-state index is 11.8. The van der Waals surface area contributed by atoms with Gasteiger partial charge in [-0.3, -0.25) is 4.79 Å². The Morgan fingerprint density at radius 2 is 2.14 bits per heavy atom. The second-order valence-electron chi connectivity index (χ2n) is 6.19. The fourth-order valence-corrected chi connectivity index (χ4v) is 2.23. The standard InChI is InChI=1S/C16H24ClNO3/c1-11-7-13(5-6-14(11)17)21-9-15(20)18-10-16(3,4)8-12(2)19/h5-7,12,19H,8-10H2,1-4H3,(H,18,20). The molecule has 1 rings (SSSR count). The SMILES string of the molecule is Cc1cc(OCC(=O)NCC(C)(C)CC(C)O)ccc1Cl. The van der Waals surface area contributed by atoms with E-state index >= 15 is 0 Å². The normalized spacial score (nSPS) is 12.9. The van der Waals surface area contributed by atoms with E-state index in [9.17, 15) is 9.90 Å². The third-order valence-corrected chi connectivity index (χ3v) is 3.54. The third-order valence-electron chi connectivity index (χ3n) is 3.11. The van der Waals surface area contributed by atoms with Gasteiger partial charge in [0.1, 0.15) is 5.75 Å². The Morgan fingerprint density at radius 1 is 1.48 bits per heavy atom. The molecular weight excluding hydrogens is 290 g/mol. The van der Waals surface area contributed by atoms with Crippen LogP contribution in [0.2, 0.25) is 5.02 Å². The number of rotatable bonds is 7. The van der Waals surface area contributed by atoms with Gasteiger partial charge in [-0.15, -0.1) is 0 Å². The predicted molar refractivity (Wildman–Crippen MR) is 84.8 cm³/mol. The molecule has 21 heavy (non-hydrogen) atoms. The van der Waals surface area contributed by atoms with Crippen molar-refractivity contribution in [2.24, 2.45) is 5.41 Å². The summed E-state index contributed by atoms with van der Waals surface area (Å²) in [5.41, 5.74) is 0.758. The van der Waals surface area contributed by atoms with E-state index < -0.39 is 0 Å². The summed E-state index contributed by atoms with van der Waals surface area (Å²) in [7, 11) is 0. The van der Waals surface area contributed by atoms with Crippen molar-refractivity contribution in [3.63, 3.8) is 0 Å². The highest BCUT2D eigenvalue weighted by Gasteiger charge is 2.21. The van der Waals surface area contributed by atoms with Crippen LogP contribution >= 0.6 is 11.6 Å². The first kappa shape index (κ1) is 17.8. The zero-order chi connectivity index (χ0) is 16.0. The van der Waals surface area contributed by atoms with E-state index in [1.54, 1.807) is 25.1 Å². The smallest absolute Gasteiger partial charge is 0.257 e. The number of carbonyl (C=O) groups is 1. The molecule has 0 bridgehead atoms. The highest BCUT2D eigenvalue weighted by atomic mass is 35.5. The van der Waals surface area contributed by atoms with Crippen molar-refractivity contribution in [1.82, 2.24) is 5.32 Å². The van der Waals surface area contributed by atoms with Crippen LogP contribution in [0.25, 0.3) is 0 Å². The number of aliphatic hydroxyl groups excluding tert-OH is 1. The molecule has 0 heterocycles. The summed E-state index contributed by atoms with van der Waals surface area (Å²) in [6.45, 7) is 8.10. The lowest BCUT2D eigenvalue weighted by Crippen LogP contribution is -2.38. The van der Waals surface area contributed by atoms with E-state index in [2.05, 4.69) is 5.32 Å². The van der Waals surface area contributed by atoms with Crippen LogP contribution in [0, 0.1) is 12.3 Å². The molecule has 0 aliphatic heterocycles. The number of ether oxygens (including phenoxy) is 1. The second kappa shape index (κ2) is 7.66. The third kappa shape index (κ3) is 6.82. The van der Waals surface area contributed by atoms with E-state index in [0.717, 1.165) is 5.56 Å². The molecule has 0 spiro atoms. The minimum Gasteiger partial charge on any atom is -0.484 e. The van der Waals surface area contributed by atoms with E-state index in [4.69, 9.17) is 16.3 Å². The molecule has 0 aliphatic rings. The molecule has 1 aromatic rings. The summed E-state index contributed by atoms with van der Waals surface area (Å²) in [4.78, 5) is 11.8. The van der Waals surface area contributed by atoms with Crippen LogP contribution in [0.3, 0.4) is 0 Å². The van der Waals surface area contributed by atoms with Crippen LogP contribution in [0.5, 0.6) is 5.75 Å². The van der Waals surface area contributed by atoms with Crippen LogP contribution in [0.4, 0.5) is 0 Å². The molecule has 0 fully saturated rings. The minimum atomic E-state index is -0.384. The van der Waals surface area contributed by atoms with Gasteiger partial charge in [0, 0.05) is 11.6 Å². The number of hydrogen-bond acceptors (Lipinski definition) is 3. The summed E-state index contributed by atoms with van der Waals surface area (Å²) in [5, 5.41) is 12.9. The zero-order valence-corrected chi connectivity index (χ0v) is 13.8. The summed E-state index contributed by atoms with van der Waals surface area (Å²) in [6.07, 6.45) is 0.245. The fourth-order valence-electron chi connectivity index (χ4n) is 2.12. The molecule has 1 amide bonds. The summed E-state index contributed by atoms with van der Waals surface area (Å²) in [6, 6.07) is 5.28. The predicted octanol–water partition coefficient (Wildman–Crippen LogP) is 2.94. The zero-order valence-electron chi connectivity index (χ0n) is 13.1. The lowest BCUT2D eigenvalue weighted by Gasteiger charge is -2.26. The quantitative estimate of drug-likeness (QED) is 0.813. The molecule has 1 unspecified atom stereocenters. The number of benzene rings is 1. The first-order valence-electron chi connectivity index (χ1n) is 7.03. The second-order valence-corrected chi connectivity index (χ2v) is 6.60. The van der Waals surface area contributed by atoms with Gasteiger partial charge in [0.25, 0.3) is 5.91 Å². The summed E-state index contributed by atoms with van der Waals surface area (Å²) >= 11 is 5.93. The molecule has 2 N–H and O–H groups in total. The largest absolute Gasteiger partial charge is 0.484 e. The van der Waals surface area contributed by atoms with Crippen molar-refractivity contribution in [3.05, 3.63) is 28.8 Å². The first-order valence-corrected chi connectivity index (χ1v) is 7.41. The molecule has 0 saturated heterocycles. The highest BCUT2D eigenvalue weighted by molar-refractivity contribution is 6.31. The monoisotopic (exact) mass is 313 g/mol. The topological polar surface area (TPSA) is 58.6 Å². The van der Waals surface area contributed by atoms with Crippen molar-refractivity contribution in [1.29, 1.82) is 0 Å². The van der Waals surface area contributed by atoms with E-state index in [0.29, 0.717) is 23.7 Å². The Balaban J connectivity index is 2.39. The van der Waals surface area contributed by atoms with Gasteiger partial charge >= 0.3 is 0 Å². The Hall–Kier alpha value is -1.26. The fraction of sp³-hybridized carbons (Fsp3) is 0.562. The molecular formula is C16H24ClNO3. The van der Waals surface area contributed by atoms with Crippen molar-refractivity contribution in [2.75, 3.05) is 13.2 Å². The minimum absolute atomic E-state index is 0.0359. The van der Waals surface area contributed by atoms with Crippen molar-refractivity contribution < 1.29 is 14.6 Å². The first-order chi connectivity index (χ1) is 9.69. The molecule has 0 aliphatic carbocycles. The molecule has 1 atom stereocenters. The van der Waals surface area contributed by atoms with Gasteiger partial charge in [-0.05, 0) is 49.4 Å². The molecule has 1 aromatic carbocycles. The average Bonchev–Trinajstić information content (AvgIpc) is 2.36. The van der Waals surface area contributed by atoms with Gasteiger partial charge in [0.2, 0.25) is 0 Å². The number of aliphatic hydroxyl groups is 1. The van der Waals surface area contributed by atoms with Gasteiger partial charge in [-0.25, -0.2) is 0 Å². The Bertz CT molecular complexity index is 486. The van der Waals surface area contributed by atoms with Crippen molar-refractivity contribution in [3.8, 4) is 5.75 Å². The number of amides is 1. The molecule has 5 heteroatoms. The van der Waals surface area contributed by atoms with E-state index in [1.807, 2.05) is 20.8 Å². The van der Waals surface area contributed by atoms with E-state index in [-0.39, 0.29) is 24.0 Å². The maximum absolute atomic E-state index is 11.8. The Morgan fingerprint density at radius 3 is 2.71 bits per heavy atom. The number of hydrogen-bond donors (Lipinski definition) is 2. The average molecular weight is 314 g/mol. The number of aryl methyl sites for hydroxylation is 1. The molecule has 118 valence electrons. The van der Waals surface area contributed by atoms with Crippen molar-refractivity contribution >= 4 is 17.5 Å². The van der Waals surface area contributed by atoms with Gasteiger partial charge in [-0.2, -0.15) is 0 Å². The molecule has 0 aromatic heterocycles. The van der Waals surface area contributed by atoms with Gasteiger partial charge in [-0.1, -0.05) is 25.4 Å². The number of nitrogens with one attached hydrogen (secondary N) is 1. The van der Waals surface area contributed by atoms with Crippen LogP contribution in [0.15, 0.2) is 18.2 Å². The molecule has 4 nitrogen and oxygen atoms in total. The maximum Gasteiger partial charge on any atom is 0.257 e. The molecule has 0 saturated carbocycles. The lowest BCUT2D eigenvalue weighted by molar-refractivity contribution is -0.123. The summed E-state index contributed by atoms with van der Waals surface area (Å²) in [5.74, 6) is 0.441. The van der Waals surface area contributed by atoms with Crippen LogP contribution in [-0.2, 0) is 4.79 Å². The number of halogens is 1. The highest BCUT2D eigenvalue weighted by Crippen LogP contribution is 2.22. The Kier molecular flexibility index (Phi) is 6.49. The van der Waals surface area contributed by atoms with E-state index in [1.165, 1.54) is 0 Å². The van der Waals surface area contributed by atoms with Gasteiger partial charge < -0.3 is 15.2 Å².